The van der Waals surface area contributed by atoms with E-state index in [0.29, 0.717) is 10.7 Å². The molecule has 3 rings (SSSR count). The van der Waals surface area contributed by atoms with E-state index in [9.17, 15) is 4.79 Å². The number of quaternary nitrogens is 1. The van der Waals surface area contributed by atoms with E-state index >= 15 is 0 Å². The number of amides is 1. The van der Waals surface area contributed by atoms with Crippen LogP contribution >= 0.6 is 12.2 Å². The molecule has 0 bridgehead atoms. The van der Waals surface area contributed by atoms with Crippen molar-refractivity contribution in [2.75, 3.05) is 31.6 Å². The molecule has 1 amide bonds. The third kappa shape index (κ3) is 5.35. The van der Waals surface area contributed by atoms with E-state index in [2.05, 4.69) is 22.8 Å². The highest BCUT2D eigenvalue weighted by atomic mass is 32.1. The van der Waals surface area contributed by atoms with E-state index in [4.69, 9.17) is 17.0 Å². The van der Waals surface area contributed by atoms with Crippen LogP contribution in [0.1, 0.15) is 15.9 Å². The lowest BCUT2D eigenvalue weighted by molar-refractivity contribution is -0.921. The van der Waals surface area contributed by atoms with Crippen LogP contribution in [0.25, 0.3) is 0 Å². The van der Waals surface area contributed by atoms with Crippen molar-refractivity contribution < 1.29 is 14.4 Å². The van der Waals surface area contributed by atoms with Crippen LogP contribution in [0.3, 0.4) is 0 Å². The summed E-state index contributed by atoms with van der Waals surface area (Å²) in [6.45, 7) is 4.78. The summed E-state index contributed by atoms with van der Waals surface area (Å²) in [4.78, 5) is 13.6. The van der Waals surface area contributed by atoms with Crippen LogP contribution in [0, 0.1) is 0 Å². The average molecular weight is 356 g/mol. The zero-order chi connectivity index (χ0) is 17.5. The quantitative estimate of drug-likeness (QED) is 0.722. The van der Waals surface area contributed by atoms with Crippen molar-refractivity contribution in [3.63, 3.8) is 0 Å². The molecule has 2 aromatic carbocycles. The minimum absolute atomic E-state index is 0.217. The molecule has 0 saturated carbocycles. The smallest absolute Gasteiger partial charge is 0.257 e. The molecule has 6 heteroatoms. The van der Waals surface area contributed by atoms with Crippen molar-refractivity contribution in [2.45, 2.75) is 6.54 Å². The monoisotopic (exact) mass is 356 g/mol. The van der Waals surface area contributed by atoms with Crippen LogP contribution < -0.4 is 15.5 Å². The van der Waals surface area contributed by atoms with Gasteiger partial charge in [-0.15, -0.1) is 0 Å². The first-order valence-corrected chi connectivity index (χ1v) is 8.79. The molecule has 0 atom stereocenters. The summed E-state index contributed by atoms with van der Waals surface area (Å²) in [6, 6.07) is 17.2. The molecule has 130 valence electrons. The lowest BCUT2D eigenvalue weighted by Crippen LogP contribution is -3.12. The number of benzene rings is 2. The fraction of sp³-hybridized carbons (Fsp3) is 0.263. The number of rotatable bonds is 4. The van der Waals surface area contributed by atoms with Gasteiger partial charge in [0.15, 0.2) is 5.11 Å². The fourth-order valence-electron chi connectivity index (χ4n) is 2.76. The lowest BCUT2D eigenvalue weighted by atomic mass is 10.2. The third-order valence-electron chi connectivity index (χ3n) is 4.13. The SMILES string of the molecule is O=C(NC(=S)Nc1ccc(C[NH+]2CCOCC2)cc1)c1ccccc1. The van der Waals surface area contributed by atoms with E-state index in [1.807, 2.05) is 30.3 Å². The molecule has 1 aliphatic heterocycles. The van der Waals surface area contributed by atoms with E-state index in [1.165, 1.54) is 10.5 Å². The second kappa shape index (κ2) is 8.71. The van der Waals surface area contributed by atoms with Crippen LogP contribution in [0.15, 0.2) is 54.6 Å². The maximum atomic E-state index is 12.1. The van der Waals surface area contributed by atoms with Crippen molar-refractivity contribution in [1.82, 2.24) is 5.32 Å². The Labute approximate surface area is 153 Å². The van der Waals surface area contributed by atoms with Gasteiger partial charge in [-0.2, -0.15) is 0 Å². The minimum atomic E-state index is -0.217. The number of hydrogen-bond acceptors (Lipinski definition) is 3. The van der Waals surface area contributed by atoms with Gasteiger partial charge >= 0.3 is 0 Å². The first-order valence-electron chi connectivity index (χ1n) is 8.38. The molecule has 2 aromatic rings. The highest BCUT2D eigenvalue weighted by molar-refractivity contribution is 7.80. The largest absolute Gasteiger partial charge is 0.370 e. The summed E-state index contributed by atoms with van der Waals surface area (Å²) in [6.07, 6.45) is 0. The molecule has 25 heavy (non-hydrogen) atoms. The highest BCUT2D eigenvalue weighted by Crippen LogP contribution is 2.09. The van der Waals surface area contributed by atoms with Gasteiger partial charge in [0.2, 0.25) is 0 Å². The Morgan fingerprint density at radius 3 is 2.40 bits per heavy atom. The summed E-state index contributed by atoms with van der Waals surface area (Å²) in [7, 11) is 0. The molecule has 0 spiro atoms. The van der Waals surface area contributed by atoms with Crippen molar-refractivity contribution in [3.8, 4) is 0 Å². The zero-order valence-electron chi connectivity index (χ0n) is 14.0. The molecule has 1 saturated heterocycles. The Hall–Kier alpha value is -2.28. The second-order valence-electron chi connectivity index (χ2n) is 6.01. The number of thiocarbonyl (C=S) groups is 1. The standard InChI is InChI=1S/C19H21N3O2S/c23-18(16-4-2-1-3-5-16)21-19(25)20-17-8-6-15(7-9-17)14-22-10-12-24-13-11-22/h1-9H,10-14H2,(H2,20,21,23,25)/p+1. The molecule has 1 aliphatic rings. The van der Waals surface area contributed by atoms with Crippen molar-refractivity contribution in [3.05, 3.63) is 65.7 Å². The Morgan fingerprint density at radius 1 is 1.04 bits per heavy atom. The van der Waals surface area contributed by atoms with Crippen molar-refractivity contribution >= 4 is 28.9 Å². The predicted molar refractivity (Wildman–Crippen MR) is 102 cm³/mol. The van der Waals surface area contributed by atoms with Crippen LogP contribution in [0.2, 0.25) is 0 Å². The molecular weight excluding hydrogens is 334 g/mol. The van der Waals surface area contributed by atoms with Gasteiger partial charge in [0, 0.05) is 16.8 Å². The number of carbonyl (C=O) groups is 1. The van der Waals surface area contributed by atoms with E-state index in [1.54, 1.807) is 12.1 Å². The molecule has 0 unspecified atom stereocenters. The Balaban J connectivity index is 1.50. The number of carbonyl (C=O) groups excluding carboxylic acids is 1. The maximum Gasteiger partial charge on any atom is 0.257 e. The third-order valence-corrected chi connectivity index (χ3v) is 4.33. The number of morpholine rings is 1. The molecule has 3 N–H and O–H groups in total. The number of anilines is 1. The van der Waals surface area contributed by atoms with Crippen molar-refractivity contribution in [1.29, 1.82) is 0 Å². The molecule has 0 aromatic heterocycles. The Kier molecular flexibility index (Phi) is 6.11. The van der Waals surface area contributed by atoms with Crippen molar-refractivity contribution in [2.24, 2.45) is 0 Å². The molecule has 1 fully saturated rings. The van der Waals surface area contributed by atoms with Gasteiger partial charge in [-0.25, -0.2) is 0 Å². The summed E-state index contributed by atoms with van der Waals surface area (Å²) in [5, 5.41) is 6.03. The molecule has 0 aliphatic carbocycles. The normalized spacial score (nSPS) is 14.7. The fourth-order valence-corrected chi connectivity index (χ4v) is 2.97. The average Bonchev–Trinajstić information content (AvgIpc) is 2.65. The van der Waals surface area contributed by atoms with E-state index in [0.717, 1.165) is 38.5 Å². The first-order chi connectivity index (χ1) is 12.2. The molecule has 1 heterocycles. The number of ether oxygens (including phenoxy) is 1. The molecule has 0 radical (unpaired) electrons. The van der Waals surface area contributed by atoms with E-state index in [-0.39, 0.29) is 5.91 Å². The van der Waals surface area contributed by atoms with Gasteiger partial charge in [-0.1, -0.05) is 30.3 Å². The van der Waals surface area contributed by atoms with Crippen LogP contribution in [-0.2, 0) is 11.3 Å². The summed E-state index contributed by atoms with van der Waals surface area (Å²) in [5.41, 5.74) is 2.72. The topological polar surface area (TPSA) is 54.8 Å². The lowest BCUT2D eigenvalue weighted by Gasteiger charge is -2.23. The molecule has 5 nitrogen and oxygen atoms in total. The Morgan fingerprint density at radius 2 is 1.72 bits per heavy atom. The van der Waals surface area contributed by atoms with Crippen LogP contribution in [0.5, 0.6) is 0 Å². The van der Waals surface area contributed by atoms with Gasteiger partial charge < -0.3 is 15.0 Å². The minimum Gasteiger partial charge on any atom is -0.370 e. The van der Waals surface area contributed by atoms with Gasteiger partial charge in [0.25, 0.3) is 5.91 Å². The van der Waals surface area contributed by atoms with Crippen LogP contribution in [-0.4, -0.2) is 37.3 Å². The van der Waals surface area contributed by atoms with Gasteiger partial charge in [0.1, 0.15) is 19.6 Å². The first kappa shape index (κ1) is 17.5. The number of hydrogen-bond donors (Lipinski definition) is 3. The second-order valence-corrected chi connectivity index (χ2v) is 6.42. The van der Waals surface area contributed by atoms with E-state index < -0.39 is 0 Å². The van der Waals surface area contributed by atoms with Gasteiger partial charge in [-0.05, 0) is 36.5 Å². The predicted octanol–water partition coefficient (Wildman–Crippen LogP) is 1.23. The van der Waals surface area contributed by atoms with Gasteiger partial charge in [-0.3, -0.25) is 10.1 Å². The summed E-state index contributed by atoms with van der Waals surface area (Å²) in [5.74, 6) is -0.217. The van der Waals surface area contributed by atoms with Crippen LogP contribution in [0.4, 0.5) is 5.69 Å². The van der Waals surface area contributed by atoms with Gasteiger partial charge in [0.05, 0.1) is 13.2 Å². The number of nitrogens with one attached hydrogen (secondary N) is 3. The summed E-state index contributed by atoms with van der Waals surface area (Å²) < 4.78 is 5.38. The Bertz CT molecular complexity index is 713. The molecular formula is C19H22N3O2S+. The highest BCUT2D eigenvalue weighted by Gasteiger charge is 2.14. The zero-order valence-corrected chi connectivity index (χ0v) is 14.8. The summed E-state index contributed by atoms with van der Waals surface area (Å²) >= 11 is 5.21. The maximum absolute atomic E-state index is 12.1.